The normalized spacial score (nSPS) is 15.4. The molecule has 154 valence electrons. The van der Waals surface area contributed by atoms with Gasteiger partial charge in [0.2, 0.25) is 5.91 Å². The first-order valence-electron chi connectivity index (χ1n) is 9.86. The molecule has 1 atom stereocenters. The van der Waals surface area contributed by atoms with Crippen LogP contribution in [0.2, 0.25) is 0 Å². The van der Waals surface area contributed by atoms with Crippen LogP contribution in [0.1, 0.15) is 13.8 Å². The van der Waals surface area contributed by atoms with E-state index in [1.165, 1.54) is 0 Å². The molecule has 1 fully saturated rings. The second-order valence-electron chi connectivity index (χ2n) is 6.83. The second-order valence-corrected chi connectivity index (χ2v) is 6.83. The van der Waals surface area contributed by atoms with Crippen molar-refractivity contribution in [3.8, 4) is 11.5 Å². The number of ether oxygens (including phenoxy) is 2. The van der Waals surface area contributed by atoms with Gasteiger partial charge in [-0.2, -0.15) is 0 Å². The Morgan fingerprint density at radius 1 is 0.966 bits per heavy atom. The monoisotopic (exact) mass is 397 g/mol. The third kappa shape index (κ3) is 5.71. The summed E-state index contributed by atoms with van der Waals surface area (Å²) in [5, 5.41) is 2.94. The first kappa shape index (κ1) is 20.7. The highest BCUT2D eigenvalue weighted by Gasteiger charge is 2.28. The van der Waals surface area contributed by atoms with Gasteiger partial charge in [0.05, 0.1) is 12.6 Å². The van der Waals surface area contributed by atoms with Crippen LogP contribution in [-0.2, 0) is 9.53 Å². The van der Waals surface area contributed by atoms with Crippen LogP contribution in [0.25, 0.3) is 0 Å². The Morgan fingerprint density at radius 3 is 2.21 bits per heavy atom. The fraction of sp³-hybridized carbons (Fsp3) is 0.364. The lowest BCUT2D eigenvalue weighted by molar-refractivity contribution is -0.121. The summed E-state index contributed by atoms with van der Waals surface area (Å²) in [5.41, 5.74) is 0.715. The Labute approximate surface area is 171 Å². The van der Waals surface area contributed by atoms with E-state index < -0.39 is 0 Å². The molecule has 2 amide bonds. The minimum absolute atomic E-state index is 0.0775. The third-order valence-corrected chi connectivity index (χ3v) is 4.87. The molecule has 0 saturated carbocycles. The van der Waals surface area contributed by atoms with E-state index in [4.69, 9.17) is 9.47 Å². The van der Waals surface area contributed by atoms with Crippen molar-refractivity contribution >= 4 is 17.7 Å². The molecule has 3 rings (SSSR count). The van der Waals surface area contributed by atoms with E-state index in [2.05, 4.69) is 10.2 Å². The summed E-state index contributed by atoms with van der Waals surface area (Å²) < 4.78 is 10.8. The number of hydrogen-bond acceptors (Lipinski definition) is 5. The van der Waals surface area contributed by atoms with Crippen molar-refractivity contribution < 1.29 is 19.1 Å². The van der Waals surface area contributed by atoms with Gasteiger partial charge in [0.25, 0.3) is 0 Å². The smallest absolute Gasteiger partial charge is 0.409 e. The van der Waals surface area contributed by atoms with Crippen molar-refractivity contribution in [1.82, 2.24) is 9.80 Å². The minimum atomic E-state index is -0.292. The summed E-state index contributed by atoms with van der Waals surface area (Å²) in [5.74, 6) is 1.39. The second kappa shape index (κ2) is 9.93. The largest absolute Gasteiger partial charge is 0.457 e. The molecule has 1 aliphatic rings. The van der Waals surface area contributed by atoms with Gasteiger partial charge in [0, 0.05) is 31.9 Å². The zero-order valence-electron chi connectivity index (χ0n) is 16.8. The van der Waals surface area contributed by atoms with Crippen molar-refractivity contribution in [2.24, 2.45) is 0 Å². The summed E-state index contributed by atoms with van der Waals surface area (Å²) in [6.07, 6.45) is -0.290. The van der Waals surface area contributed by atoms with Crippen molar-refractivity contribution in [3.05, 3.63) is 54.6 Å². The Kier molecular flexibility index (Phi) is 7.08. The third-order valence-electron chi connectivity index (χ3n) is 4.87. The molecule has 1 saturated heterocycles. The fourth-order valence-corrected chi connectivity index (χ4v) is 3.15. The van der Waals surface area contributed by atoms with Crippen LogP contribution < -0.4 is 10.1 Å². The number of para-hydroxylation sites is 1. The lowest BCUT2D eigenvalue weighted by atomic mass is 10.2. The summed E-state index contributed by atoms with van der Waals surface area (Å²) >= 11 is 0. The maximum Gasteiger partial charge on any atom is 0.409 e. The molecule has 0 spiro atoms. The molecule has 7 heteroatoms. The molecule has 0 radical (unpaired) electrons. The van der Waals surface area contributed by atoms with E-state index in [0.717, 1.165) is 5.75 Å². The molecule has 2 aromatic rings. The molecule has 1 N–H and O–H groups in total. The lowest BCUT2D eigenvalue weighted by Gasteiger charge is -2.36. The number of benzene rings is 2. The molecule has 29 heavy (non-hydrogen) atoms. The molecule has 2 aromatic carbocycles. The molecule has 7 nitrogen and oxygen atoms in total. The summed E-state index contributed by atoms with van der Waals surface area (Å²) in [4.78, 5) is 28.1. The van der Waals surface area contributed by atoms with E-state index in [9.17, 15) is 9.59 Å². The molecule has 1 unspecified atom stereocenters. The van der Waals surface area contributed by atoms with Crippen LogP contribution in [0.4, 0.5) is 10.5 Å². The van der Waals surface area contributed by atoms with Crippen LogP contribution in [0.3, 0.4) is 0 Å². The molecule has 1 aliphatic heterocycles. The number of carbonyl (C=O) groups is 2. The number of nitrogens with zero attached hydrogens (tertiary/aromatic N) is 2. The van der Waals surface area contributed by atoms with Gasteiger partial charge in [0.15, 0.2) is 0 Å². The van der Waals surface area contributed by atoms with Gasteiger partial charge >= 0.3 is 6.09 Å². The van der Waals surface area contributed by atoms with E-state index in [-0.39, 0.29) is 18.0 Å². The van der Waals surface area contributed by atoms with E-state index >= 15 is 0 Å². The lowest BCUT2D eigenvalue weighted by Crippen LogP contribution is -2.54. The van der Waals surface area contributed by atoms with E-state index in [0.29, 0.717) is 44.2 Å². The molecule has 0 bridgehead atoms. The number of amides is 2. The van der Waals surface area contributed by atoms with Crippen molar-refractivity contribution in [3.63, 3.8) is 0 Å². The number of carbonyl (C=O) groups excluding carboxylic acids is 2. The molecule has 0 aromatic heterocycles. The van der Waals surface area contributed by atoms with Gasteiger partial charge in [-0.15, -0.1) is 0 Å². The highest BCUT2D eigenvalue weighted by molar-refractivity contribution is 5.94. The Bertz CT molecular complexity index is 803. The van der Waals surface area contributed by atoms with E-state index in [1.807, 2.05) is 61.5 Å². The average Bonchev–Trinajstić information content (AvgIpc) is 2.75. The number of nitrogens with one attached hydrogen (secondary N) is 1. The maximum atomic E-state index is 12.6. The van der Waals surface area contributed by atoms with Gasteiger partial charge in [0.1, 0.15) is 11.5 Å². The van der Waals surface area contributed by atoms with E-state index in [1.54, 1.807) is 11.8 Å². The highest BCUT2D eigenvalue weighted by Crippen LogP contribution is 2.23. The van der Waals surface area contributed by atoms with Crippen LogP contribution in [0.5, 0.6) is 11.5 Å². The summed E-state index contributed by atoms with van der Waals surface area (Å²) in [7, 11) is 0. The minimum Gasteiger partial charge on any atom is -0.457 e. The number of hydrogen-bond donors (Lipinski definition) is 1. The topological polar surface area (TPSA) is 71.1 Å². The number of rotatable bonds is 6. The highest BCUT2D eigenvalue weighted by atomic mass is 16.6. The van der Waals surface area contributed by atoms with Crippen molar-refractivity contribution in [2.75, 3.05) is 38.1 Å². The first-order valence-corrected chi connectivity index (χ1v) is 9.86. The maximum absolute atomic E-state index is 12.6. The Morgan fingerprint density at radius 2 is 1.59 bits per heavy atom. The quantitative estimate of drug-likeness (QED) is 0.807. The Hall–Kier alpha value is -3.06. The standard InChI is InChI=1S/C22H27N3O4/c1-3-28-22(27)25-15-13-24(14-16-25)17(2)21(26)23-18-9-11-20(12-10-18)29-19-7-5-4-6-8-19/h4-12,17H,3,13-16H2,1-2H3,(H,23,26). The van der Waals surface area contributed by atoms with Crippen molar-refractivity contribution in [1.29, 1.82) is 0 Å². The van der Waals surface area contributed by atoms with Crippen LogP contribution in [0, 0.1) is 0 Å². The Balaban J connectivity index is 1.49. The molecule has 1 heterocycles. The molecular formula is C22H27N3O4. The average molecular weight is 397 g/mol. The van der Waals surface area contributed by atoms with Gasteiger partial charge in [-0.1, -0.05) is 18.2 Å². The predicted octanol–water partition coefficient (Wildman–Crippen LogP) is 3.58. The number of anilines is 1. The zero-order valence-corrected chi connectivity index (χ0v) is 16.8. The fourth-order valence-electron chi connectivity index (χ4n) is 3.15. The zero-order chi connectivity index (χ0) is 20.6. The van der Waals surface area contributed by atoms with Crippen LogP contribution in [0.15, 0.2) is 54.6 Å². The molecule has 0 aliphatic carbocycles. The van der Waals surface area contributed by atoms with Gasteiger partial charge < -0.3 is 19.7 Å². The SMILES string of the molecule is CCOC(=O)N1CCN(C(C)C(=O)Nc2ccc(Oc3ccccc3)cc2)CC1. The van der Waals surface area contributed by atoms with Gasteiger partial charge in [-0.05, 0) is 50.2 Å². The summed E-state index contributed by atoms with van der Waals surface area (Å²) in [6.45, 7) is 6.43. The molecular weight excluding hydrogens is 370 g/mol. The first-order chi connectivity index (χ1) is 14.1. The summed E-state index contributed by atoms with van der Waals surface area (Å²) in [6, 6.07) is 16.5. The number of piperazine rings is 1. The van der Waals surface area contributed by atoms with Gasteiger partial charge in [-0.3, -0.25) is 9.69 Å². The van der Waals surface area contributed by atoms with Crippen LogP contribution >= 0.6 is 0 Å². The van der Waals surface area contributed by atoms with Gasteiger partial charge in [-0.25, -0.2) is 4.79 Å². The van der Waals surface area contributed by atoms with Crippen LogP contribution in [-0.4, -0.2) is 60.6 Å². The predicted molar refractivity (Wildman–Crippen MR) is 111 cm³/mol. The van der Waals surface area contributed by atoms with Crippen molar-refractivity contribution in [2.45, 2.75) is 19.9 Å².